The number of nitrogens with zero attached hydrogens (tertiary/aromatic N) is 3. The molecule has 0 saturated carbocycles. The van der Waals surface area contributed by atoms with Crippen LogP contribution in [-0.4, -0.2) is 21.0 Å². The lowest BCUT2D eigenvalue weighted by Crippen LogP contribution is -2.14. The number of hydroxylamine groups is 1. The Morgan fingerprint density at radius 3 is 3.13 bits per heavy atom. The third kappa shape index (κ3) is 2.34. The predicted octanol–water partition coefficient (Wildman–Crippen LogP) is 1.53. The Labute approximate surface area is 95.6 Å². The van der Waals surface area contributed by atoms with E-state index >= 15 is 0 Å². The molecule has 2 aromatic rings. The number of imidazole rings is 1. The van der Waals surface area contributed by atoms with Crippen molar-refractivity contribution in [3.8, 4) is 0 Å². The van der Waals surface area contributed by atoms with Gasteiger partial charge in [-0.05, 0) is 22.9 Å². The molecule has 0 radical (unpaired) electrons. The molecule has 80 valence electrons. The van der Waals surface area contributed by atoms with Gasteiger partial charge in [0.15, 0.2) is 5.65 Å². The fraction of sp³-hybridized carbons (Fsp3) is 0.333. The average Bonchev–Trinajstić information content (AvgIpc) is 2.62. The molecule has 15 heavy (non-hydrogen) atoms. The van der Waals surface area contributed by atoms with Crippen molar-refractivity contribution in [1.29, 1.82) is 0 Å². The summed E-state index contributed by atoms with van der Waals surface area (Å²) in [5, 5.41) is 0. The number of rotatable bonds is 4. The van der Waals surface area contributed by atoms with Crippen molar-refractivity contribution in [3.63, 3.8) is 0 Å². The van der Waals surface area contributed by atoms with Crippen LogP contribution in [0.2, 0.25) is 0 Å². The standard InChI is InChI=1S/C9H11BrN4O/c1-2-15-13-4-7-3-12-9-5-11-8(10)6-14(7)9/h3,5-6,13H,2,4H2,1H3. The van der Waals surface area contributed by atoms with Crippen molar-refractivity contribution >= 4 is 21.6 Å². The van der Waals surface area contributed by atoms with Gasteiger partial charge in [-0.2, -0.15) is 5.48 Å². The van der Waals surface area contributed by atoms with E-state index in [1.807, 2.05) is 17.5 Å². The molecule has 0 spiro atoms. The van der Waals surface area contributed by atoms with Crippen LogP contribution in [0.25, 0.3) is 5.65 Å². The van der Waals surface area contributed by atoms with Gasteiger partial charge in [-0.1, -0.05) is 0 Å². The topological polar surface area (TPSA) is 51.5 Å². The Bertz CT molecular complexity index is 456. The lowest BCUT2D eigenvalue weighted by molar-refractivity contribution is 0.0455. The Balaban J connectivity index is 2.23. The summed E-state index contributed by atoms with van der Waals surface area (Å²) in [6.07, 6.45) is 5.40. The number of hydrogen-bond donors (Lipinski definition) is 1. The van der Waals surface area contributed by atoms with Gasteiger partial charge in [0, 0.05) is 6.20 Å². The largest absolute Gasteiger partial charge is 0.302 e. The van der Waals surface area contributed by atoms with Crippen molar-refractivity contribution in [1.82, 2.24) is 19.8 Å². The van der Waals surface area contributed by atoms with Crippen LogP contribution in [0.4, 0.5) is 0 Å². The second-order valence-electron chi connectivity index (χ2n) is 2.94. The van der Waals surface area contributed by atoms with E-state index in [-0.39, 0.29) is 0 Å². The van der Waals surface area contributed by atoms with Gasteiger partial charge >= 0.3 is 0 Å². The van der Waals surface area contributed by atoms with Crippen molar-refractivity contribution in [3.05, 3.63) is 28.9 Å². The molecule has 0 fully saturated rings. The Kier molecular flexibility index (Phi) is 3.30. The molecular weight excluding hydrogens is 260 g/mol. The first-order chi connectivity index (χ1) is 7.31. The van der Waals surface area contributed by atoms with E-state index in [4.69, 9.17) is 4.84 Å². The zero-order chi connectivity index (χ0) is 10.7. The summed E-state index contributed by atoms with van der Waals surface area (Å²) in [5.74, 6) is 0. The van der Waals surface area contributed by atoms with Crippen LogP contribution < -0.4 is 5.48 Å². The van der Waals surface area contributed by atoms with E-state index in [9.17, 15) is 0 Å². The average molecular weight is 271 g/mol. The van der Waals surface area contributed by atoms with Gasteiger partial charge in [0.1, 0.15) is 4.60 Å². The Hall–Kier alpha value is -0.980. The summed E-state index contributed by atoms with van der Waals surface area (Å²) >= 11 is 3.32. The maximum absolute atomic E-state index is 5.07. The molecule has 0 unspecified atom stereocenters. The molecule has 0 aliphatic rings. The maximum atomic E-state index is 5.07. The highest BCUT2D eigenvalue weighted by Gasteiger charge is 2.03. The smallest absolute Gasteiger partial charge is 0.155 e. The van der Waals surface area contributed by atoms with Gasteiger partial charge in [0.25, 0.3) is 0 Å². The second-order valence-corrected chi connectivity index (χ2v) is 3.75. The quantitative estimate of drug-likeness (QED) is 0.677. The lowest BCUT2D eigenvalue weighted by Gasteiger charge is -2.03. The van der Waals surface area contributed by atoms with E-state index in [0.717, 1.165) is 15.9 Å². The van der Waals surface area contributed by atoms with Gasteiger partial charge in [0.2, 0.25) is 0 Å². The van der Waals surface area contributed by atoms with Crippen LogP contribution in [0.15, 0.2) is 23.2 Å². The zero-order valence-electron chi connectivity index (χ0n) is 8.27. The molecule has 0 amide bonds. The predicted molar refractivity (Wildman–Crippen MR) is 59.2 cm³/mol. The monoisotopic (exact) mass is 270 g/mol. The van der Waals surface area contributed by atoms with Crippen LogP contribution in [0.3, 0.4) is 0 Å². The Morgan fingerprint density at radius 2 is 2.33 bits per heavy atom. The normalized spacial score (nSPS) is 11.1. The molecule has 0 bridgehead atoms. The third-order valence-electron chi connectivity index (χ3n) is 1.94. The molecule has 0 saturated heterocycles. The SMILES string of the molecule is CCONCc1cnc2cnc(Br)cn12. The van der Waals surface area contributed by atoms with E-state index in [1.165, 1.54) is 0 Å². The van der Waals surface area contributed by atoms with E-state index in [0.29, 0.717) is 13.2 Å². The number of halogens is 1. The first-order valence-corrected chi connectivity index (χ1v) is 5.42. The van der Waals surface area contributed by atoms with Crippen molar-refractivity contribution < 1.29 is 4.84 Å². The molecule has 0 atom stereocenters. The number of hydrogen-bond acceptors (Lipinski definition) is 4. The van der Waals surface area contributed by atoms with Gasteiger partial charge in [-0.15, -0.1) is 0 Å². The summed E-state index contributed by atoms with van der Waals surface area (Å²) in [7, 11) is 0. The minimum atomic E-state index is 0.617. The Morgan fingerprint density at radius 1 is 1.47 bits per heavy atom. The molecule has 2 rings (SSSR count). The molecule has 5 nitrogen and oxygen atoms in total. The molecule has 2 aromatic heterocycles. The summed E-state index contributed by atoms with van der Waals surface area (Å²) in [5.41, 5.74) is 4.71. The lowest BCUT2D eigenvalue weighted by atomic mass is 10.5. The van der Waals surface area contributed by atoms with Crippen LogP contribution in [0.1, 0.15) is 12.6 Å². The molecule has 0 aromatic carbocycles. The van der Waals surface area contributed by atoms with Crippen LogP contribution in [0.5, 0.6) is 0 Å². The molecule has 6 heteroatoms. The van der Waals surface area contributed by atoms with Crippen LogP contribution in [-0.2, 0) is 11.4 Å². The van der Waals surface area contributed by atoms with Crippen molar-refractivity contribution in [2.75, 3.05) is 6.61 Å². The summed E-state index contributed by atoms with van der Waals surface area (Å²) in [6, 6.07) is 0. The fourth-order valence-corrected chi connectivity index (χ4v) is 1.58. The molecule has 0 aliphatic heterocycles. The van der Waals surface area contributed by atoms with Gasteiger partial charge in [0.05, 0.1) is 31.2 Å². The van der Waals surface area contributed by atoms with E-state index < -0.39 is 0 Å². The van der Waals surface area contributed by atoms with E-state index in [2.05, 4.69) is 31.4 Å². The highest BCUT2D eigenvalue weighted by Crippen LogP contribution is 2.10. The third-order valence-corrected chi connectivity index (χ3v) is 2.35. The first-order valence-electron chi connectivity index (χ1n) is 4.63. The molecular formula is C9H11BrN4O. The van der Waals surface area contributed by atoms with Crippen molar-refractivity contribution in [2.24, 2.45) is 0 Å². The minimum Gasteiger partial charge on any atom is -0.302 e. The highest BCUT2D eigenvalue weighted by molar-refractivity contribution is 9.10. The number of nitrogens with one attached hydrogen (secondary N) is 1. The highest BCUT2D eigenvalue weighted by atomic mass is 79.9. The van der Waals surface area contributed by atoms with Crippen LogP contribution in [0, 0.1) is 0 Å². The molecule has 2 heterocycles. The number of aromatic nitrogens is 3. The second kappa shape index (κ2) is 4.69. The number of fused-ring (bicyclic) bond motifs is 1. The summed E-state index contributed by atoms with van der Waals surface area (Å²) in [6.45, 7) is 3.19. The first kappa shape index (κ1) is 10.5. The van der Waals surface area contributed by atoms with Crippen LogP contribution >= 0.6 is 15.9 Å². The minimum absolute atomic E-state index is 0.617. The van der Waals surface area contributed by atoms with E-state index in [1.54, 1.807) is 12.4 Å². The fourth-order valence-electron chi connectivity index (χ4n) is 1.27. The van der Waals surface area contributed by atoms with Crippen molar-refractivity contribution in [2.45, 2.75) is 13.5 Å². The summed E-state index contributed by atoms with van der Waals surface area (Å²) < 4.78 is 2.74. The molecule has 1 N–H and O–H groups in total. The molecule has 0 aliphatic carbocycles. The zero-order valence-corrected chi connectivity index (χ0v) is 9.86. The summed E-state index contributed by atoms with van der Waals surface area (Å²) in [4.78, 5) is 13.4. The van der Waals surface area contributed by atoms with Gasteiger partial charge in [-0.25, -0.2) is 9.97 Å². The maximum Gasteiger partial charge on any atom is 0.155 e. The van der Waals surface area contributed by atoms with Gasteiger partial charge < -0.3 is 4.84 Å². The van der Waals surface area contributed by atoms with Gasteiger partial charge in [-0.3, -0.25) is 4.40 Å².